The van der Waals surface area contributed by atoms with Gasteiger partial charge in [-0.05, 0) is 67.4 Å². The molecule has 1 N–H and O–H groups in total. The Balaban J connectivity index is 1.56. The summed E-state index contributed by atoms with van der Waals surface area (Å²) in [4.78, 5) is 42.2. The topological polar surface area (TPSA) is 79.0 Å². The second-order valence-electron chi connectivity index (χ2n) is 8.56. The van der Waals surface area contributed by atoms with E-state index in [0.29, 0.717) is 23.6 Å². The molecule has 3 aromatic rings. The second-order valence-corrected chi connectivity index (χ2v) is 9.47. The van der Waals surface area contributed by atoms with Crippen molar-refractivity contribution in [1.29, 1.82) is 0 Å². The van der Waals surface area contributed by atoms with E-state index in [1.165, 1.54) is 9.91 Å². The molecular weight excluding hydrogens is 510 g/mol. The van der Waals surface area contributed by atoms with Crippen LogP contribution in [0.25, 0.3) is 0 Å². The molecule has 2 fully saturated rings. The van der Waals surface area contributed by atoms with E-state index in [1.54, 1.807) is 42.5 Å². The number of rotatable bonds is 5. The number of nitrogens with one attached hydrogen (secondary N) is 1. The number of fused-ring (bicyclic) bond motifs is 1. The summed E-state index contributed by atoms with van der Waals surface area (Å²) >= 11 is 3.40. The highest BCUT2D eigenvalue weighted by Crippen LogP contribution is 2.43. The summed E-state index contributed by atoms with van der Waals surface area (Å²) in [5, 5.41) is 1.33. The van der Waals surface area contributed by atoms with Crippen LogP contribution in [0.3, 0.4) is 0 Å². The Bertz CT molecular complexity index is 1310. The minimum Gasteiger partial charge on any atom is -0.494 e. The lowest BCUT2D eigenvalue weighted by Gasteiger charge is -2.25. The zero-order valence-corrected chi connectivity index (χ0v) is 20.9. The van der Waals surface area contributed by atoms with Crippen LogP contribution in [0.4, 0.5) is 5.69 Å². The summed E-state index contributed by atoms with van der Waals surface area (Å²) < 4.78 is 6.24. The normalized spacial score (nSPS) is 21.4. The van der Waals surface area contributed by atoms with E-state index < -0.39 is 23.9 Å². The SMILES string of the molecule is CCOc1ccc(N2C(=O)[C@@H]3[C@@H](c4ccccc4C)NN(C(=O)c4cccc(Br)c4)[C@@H]3C2=O)cc1. The molecule has 2 aliphatic heterocycles. The molecule has 3 amide bonds. The second kappa shape index (κ2) is 9.28. The number of nitrogens with zero attached hydrogens (tertiary/aromatic N) is 2. The zero-order valence-electron chi connectivity index (χ0n) is 19.3. The van der Waals surface area contributed by atoms with Gasteiger partial charge in [0.15, 0.2) is 0 Å². The first-order valence-electron chi connectivity index (χ1n) is 11.4. The standard InChI is InChI=1S/C27H24BrN3O4/c1-3-35-20-13-11-19(12-14-20)30-26(33)22-23(21-10-5-4-7-16(21)2)29-31(24(22)27(30)34)25(32)17-8-6-9-18(28)15-17/h4-15,22-24,29H,3H2,1-2H3/t22-,23-,24+/m1/s1. The molecule has 2 heterocycles. The van der Waals surface area contributed by atoms with Crippen molar-refractivity contribution in [3.8, 4) is 5.75 Å². The van der Waals surface area contributed by atoms with Gasteiger partial charge in [0.1, 0.15) is 11.8 Å². The molecule has 3 atom stereocenters. The fourth-order valence-electron chi connectivity index (χ4n) is 4.84. The van der Waals surface area contributed by atoms with Crippen molar-refractivity contribution in [2.24, 2.45) is 5.92 Å². The average Bonchev–Trinajstić information content (AvgIpc) is 3.36. The van der Waals surface area contributed by atoms with E-state index in [0.717, 1.165) is 15.6 Å². The first-order valence-corrected chi connectivity index (χ1v) is 12.2. The van der Waals surface area contributed by atoms with Crippen LogP contribution < -0.4 is 15.1 Å². The molecule has 7 nitrogen and oxygen atoms in total. The number of aryl methyl sites for hydroxylation is 1. The van der Waals surface area contributed by atoms with Crippen LogP contribution in [0.5, 0.6) is 5.75 Å². The molecule has 0 aromatic heterocycles. The number of carbonyl (C=O) groups excluding carboxylic acids is 3. The molecule has 3 aromatic carbocycles. The zero-order chi connectivity index (χ0) is 24.7. The quantitative estimate of drug-likeness (QED) is 0.491. The van der Waals surface area contributed by atoms with Crippen molar-refractivity contribution in [2.75, 3.05) is 11.5 Å². The van der Waals surface area contributed by atoms with Gasteiger partial charge >= 0.3 is 0 Å². The van der Waals surface area contributed by atoms with Gasteiger partial charge in [-0.1, -0.05) is 46.3 Å². The van der Waals surface area contributed by atoms with Gasteiger partial charge < -0.3 is 4.74 Å². The summed E-state index contributed by atoms with van der Waals surface area (Å²) in [7, 11) is 0. The van der Waals surface area contributed by atoms with Gasteiger partial charge in [-0.15, -0.1) is 0 Å². The van der Waals surface area contributed by atoms with Crippen LogP contribution in [0.15, 0.2) is 77.3 Å². The number of ether oxygens (including phenoxy) is 1. The van der Waals surface area contributed by atoms with E-state index in [4.69, 9.17) is 4.74 Å². The molecule has 0 unspecified atom stereocenters. The van der Waals surface area contributed by atoms with E-state index in [1.807, 2.05) is 44.2 Å². The van der Waals surface area contributed by atoms with Crippen LogP contribution in [0.1, 0.15) is 34.5 Å². The molecular formula is C27H24BrN3O4. The summed E-state index contributed by atoms with van der Waals surface area (Å²) in [5.41, 5.74) is 5.92. The highest BCUT2D eigenvalue weighted by molar-refractivity contribution is 9.10. The third kappa shape index (κ3) is 4.02. The number of anilines is 1. The molecule has 0 aliphatic carbocycles. The molecule has 2 saturated heterocycles. The number of hydrogen-bond donors (Lipinski definition) is 1. The number of carbonyl (C=O) groups is 3. The minimum absolute atomic E-state index is 0.338. The average molecular weight is 534 g/mol. The Kier molecular flexibility index (Phi) is 6.17. The van der Waals surface area contributed by atoms with E-state index in [2.05, 4.69) is 21.4 Å². The van der Waals surface area contributed by atoms with Gasteiger partial charge in [0, 0.05) is 10.0 Å². The minimum atomic E-state index is -0.967. The third-order valence-electron chi connectivity index (χ3n) is 6.45. The van der Waals surface area contributed by atoms with E-state index in [9.17, 15) is 14.4 Å². The highest BCUT2D eigenvalue weighted by Gasteiger charge is 2.60. The van der Waals surface area contributed by atoms with Crippen LogP contribution in [0, 0.1) is 12.8 Å². The Morgan fingerprint density at radius 1 is 1.00 bits per heavy atom. The fourth-order valence-corrected chi connectivity index (χ4v) is 5.24. The number of hydrazine groups is 1. The Hall–Kier alpha value is -3.49. The van der Waals surface area contributed by atoms with Crippen LogP contribution in [-0.2, 0) is 9.59 Å². The lowest BCUT2D eigenvalue weighted by atomic mass is 9.88. The van der Waals surface area contributed by atoms with Crippen molar-refractivity contribution in [2.45, 2.75) is 25.9 Å². The number of halogens is 1. The Morgan fingerprint density at radius 2 is 1.74 bits per heavy atom. The van der Waals surface area contributed by atoms with E-state index in [-0.39, 0.29) is 11.8 Å². The van der Waals surface area contributed by atoms with Gasteiger partial charge in [0.25, 0.3) is 11.8 Å². The molecule has 0 spiro atoms. The van der Waals surface area contributed by atoms with Crippen LogP contribution in [-0.4, -0.2) is 35.4 Å². The largest absolute Gasteiger partial charge is 0.494 e. The number of amides is 3. The summed E-state index contributed by atoms with van der Waals surface area (Å²) in [6.45, 7) is 4.36. The lowest BCUT2D eigenvalue weighted by Crippen LogP contribution is -2.48. The summed E-state index contributed by atoms with van der Waals surface area (Å²) in [5.74, 6) is -1.25. The molecule has 0 radical (unpaired) electrons. The molecule has 35 heavy (non-hydrogen) atoms. The van der Waals surface area contributed by atoms with Crippen molar-refractivity contribution in [1.82, 2.24) is 10.4 Å². The predicted molar refractivity (Wildman–Crippen MR) is 135 cm³/mol. The maximum atomic E-state index is 13.8. The van der Waals surface area contributed by atoms with Gasteiger partial charge in [-0.25, -0.2) is 10.3 Å². The van der Waals surface area contributed by atoms with Crippen molar-refractivity contribution in [3.63, 3.8) is 0 Å². The number of hydrogen-bond acceptors (Lipinski definition) is 5. The summed E-state index contributed by atoms with van der Waals surface area (Å²) in [6, 6.07) is 20.0. The van der Waals surface area contributed by atoms with Gasteiger partial charge in [-0.2, -0.15) is 0 Å². The van der Waals surface area contributed by atoms with Crippen molar-refractivity contribution >= 4 is 39.3 Å². The molecule has 5 rings (SSSR count). The third-order valence-corrected chi connectivity index (χ3v) is 6.95. The fraction of sp³-hybridized carbons (Fsp3) is 0.222. The lowest BCUT2D eigenvalue weighted by molar-refractivity contribution is -0.123. The number of imide groups is 1. The van der Waals surface area contributed by atoms with E-state index >= 15 is 0 Å². The number of benzene rings is 3. The van der Waals surface area contributed by atoms with Crippen LogP contribution >= 0.6 is 15.9 Å². The highest BCUT2D eigenvalue weighted by atomic mass is 79.9. The smallest absolute Gasteiger partial charge is 0.268 e. The van der Waals surface area contributed by atoms with Gasteiger partial charge in [0.05, 0.1) is 24.3 Å². The Labute approximate surface area is 211 Å². The Morgan fingerprint density at radius 3 is 2.43 bits per heavy atom. The monoisotopic (exact) mass is 533 g/mol. The first kappa shape index (κ1) is 23.3. The first-order chi connectivity index (χ1) is 16.9. The molecule has 0 saturated carbocycles. The molecule has 0 bridgehead atoms. The van der Waals surface area contributed by atoms with Crippen molar-refractivity contribution < 1.29 is 19.1 Å². The molecule has 2 aliphatic rings. The molecule has 178 valence electrons. The summed E-state index contributed by atoms with van der Waals surface area (Å²) in [6.07, 6.45) is 0. The predicted octanol–water partition coefficient (Wildman–Crippen LogP) is 4.42. The van der Waals surface area contributed by atoms with Gasteiger partial charge in [-0.3, -0.25) is 19.4 Å². The van der Waals surface area contributed by atoms with Crippen molar-refractivity contribution in [3.05, 3.63) is 94.0 Å². The van der Waals surface area contributed by atoms with Gasteiger partial charge in [0.2, 0.25) is 5.91 Å². The molecule has 8 heteroatoms. The maximum absolute atomic E-state index is 13.8. The van der Waals surface area contributed by atoms with Crippen LogP contribution in [0.2, 0.25) is 0 Å². The maximum Gasteiger partial charge on any atom is 0.268 e.